The Balaban J connectivity index is 1.42. The summed E-state index contributed by atoms with van der Waals surface area (Å²) in [4.78, 5) is 24.5. The van der Waals surface area contributed by atoms with Gasteiger partial charge >= 0.3 is 0 Å². The van der Waals surface area contributed by atoms with Crippen LogP contribution in [0.5, 0.6) is 0 Å². The standard InChI is InChI=1S/C22H32N2O5S/c1-16-14-24(15-17(2)29-16)30(27,28)12-11-23-22(26)10-9-21(25)20-8-7-18-5-3-4-6-19(18)13-20/h7-8,13,16-17H,3-6,9-12,14-15H2,1-2H3,(H,23,26)/t16-,17-/m1/s1. The topological polar surface area (TPSA) is 92.8 Å². The second-order valence-corrected chi connectivity index (χ2v) is 10.4. The molecule has 1 saturated heterocycles. The number of carbonyl (C=O) groups excluding carboxylic acids is 2. The number of ether oxygens (including phenoxy) is 1. The van der Waals surface area contributed by atoms with Gasteiger partial charge in [-0.15, -0.1) is 0 Å². The summed E-state index contributed by atoms with van der Waals surface area (Å²) >= 11 is 0. The molecule has 1 aliphatic carbocycles. The minimum atomic E-state index is -3.46. The third-order valence-electron chi connectivity index (χ3n) is 5.71. The molecule has 1 aromatic rings. The van der Waals surface area contributed by atoms with E-state index in [-0.39, 0.29) is 49.0 Å². The second kappa shape index (κ2) is 10.0. The summed E-state index contributed by atoms with van der Waals surface area (Å²) in [5.41, 5.74) is 3.22. The first kappa shape index (κ1) is 22.9. The third-order valence-corrected chi connectivity index (χ3v) is 7.52. The largest absolute Gasteiger partial charge is 0.373 e. The average molecular weight is 437 g/mol. The van der Waals surface area contributed by atoms with Crippen molar-refractivity contribution in [3.63, 3.8) is 0 Å². The fourth-order valence-corrected chi connectivity index (χ4v) is 5.67. The van der Waals surface area contributed by atoms with E-state index in [2.05, 4.69) is 5.32 Å². The number of aryl methyl sites for hydroxylation is 2. The molecule has 0 aromatic heterocycles. The molecule has 1 heterocycles. The molecule has 0 saturated carbocycles. The van der Waals surface area contributed by atoms with Crippen LogP contribution in [-0.4, -0.2) is 62.0 Å². The van der Waals surface area contributed by atoms with Gasteiger partial charge in [-0.3, -0.25) is 9.59 Å². The number of hydrogen-bond acceptors (Lipinski definition) is 5. The van der Waals surface area contributed by atoms with Crippen LogP contribution in [0.3, 0.4) is 0 Å². The Bertz CT molecular complexity index is 874. The smallest absolute Gasteiger partial charge is 0.220 e. The van der Waals surface area contributed by atoms with E-state index in [4.69, 9.17) is 4.74 Å². The molecule has 2 aliphatic rings. The molecule has 30 heavy (non-hydrogen) atoms. The lowest BCUT2D eigenvalue weighted by Crippen LogP contribution is -2.49. The van der Waals surface area contributed by atoms with Crippen molar-refractivity contribution in [1.82, 2.24) is 9.62 Å². The van der Waals surface area contributed by atoms with E-state index in [1.165, 1.54) is 21.9 Å². The number of Topliss-reactive ketones (excluding diaryl/α,β-unsaturated/α-hetero) is 1. The highest BCUT2D eigenvalue weighted by atomic mass is 32.2. The zero-order valence-electron chi connectivity index (χ0n) is 17.9. The van der Waals surface area contributed by atoms with Crippen molar-refractivity contribution in [3.8, 4) is 0 Å². The van der Waals surface area contributed by atoms with Gasteiger partial charge in [-0.2, -0.15) is 4.31 Å². The molecule has 8 heteroatoms. The van der Waals surface area contributed by atoms with Crippen LogP contribution in [-0.2, 0) is 32.4 Å². The molecule has 0 spiro atoms. The molecule has 2 atom stereocenters. The highest BCUT2D eigenvalue weighted by Gasteiger charge is 2.30. The summed E-state index contributed by atoms with van der Waals surface area (Å²) in [7, 11) is -3.46. The summed E-state index contributed by atoms with van der Waals surface area (Å²) in [6, 6.07) is 5.84. The highest BCUT2D eigenvalue weighted by Crippen LogP contribution is 2.23. The molecule has 0 unspecified atom stereocenters. The number of fused-ring (bicyclic) bond motifs is 1. The normalized spacial score (nSPS) is 22.3. The van der Waals surface area contributed by atoms with Crippen LogP contribution >= 0.6 is 0 Å². The predicted molar refractivity (Wildman–Crippen MR) is 115 cm³/mol. The summed E-state index contributed by atoms with van der Waals surface area (Å²) in [6.07, 6.45) is 4.30. The number of nitrogens with one attached hydrogen (secondary N) is 1. The molecule has 0 radical (unpaired) electrons. The quantitative estimate of drug-likeness (QED) is 0.630. The van der Waals surface area contributed by atoms with Gasteiger partial charge in [-0.05, 0) is 56.7 Å². The number of ketones is 1. The minimum Gasteiger partial charge on any atom is -0.373 e. The van der Waals surface area contributed by atoms with Crippen molar-refractivity contribution in [2.75, 3.05) is 25.4 Å². The van der Waals surface area contributed by atoms with E-state index >= 15 is 0 Å². The molecule has 1 aliphatic heterocycles. The highest BCUT2D eigenvalue weighted by molar-refractivity contribution is 7.89. The minimum absolute atomic E-state index is 0.0360. The number of amides is 1. The van der Waals surface area contributed by atoms with Crippen LogP contribution in [0.4, 0.5) is 0 Å². The number of rotatable bonds is 8. The second-order valence-electron chi connectivity index (χ2n) is 8.35. The van der Waals surface area contributed by atoms with Gasteiger partial charge < -0.3 is 10.1 Å². The predicted octanol–water partition coefficient (Wildman–Crippen LogP) is 2.08. The van der Waals surface area contributed by atoms with Crippen LogP contribution in [0.2, 0.25) is 0 Å². The van der Waals surface area contributed by atoms with Gasteiger partial charge in [0.15, 0.2) is 5.78 Å². The van der Waals surface area contributed by atoms with E-state index in [0.717, 1.165) is 19.3 Å². The number of carbonyl (C=O) groups is 2. The van der Waals surface area contributed by atoms with E-state index in [0.29, 0.717) is 18.7 Å². The summed E-state index contributed by atoms with van der Waals surface area (Å²) in [5, 5.41) is 2.63. The summed E-state index contributed by atoms with van der Waals surface area (Å²) < 4.78 is 32.0. The van der Waals surface area contributed by atoms with Crippen LogP contribution in [0.25, 0.3) is 0 Å². The third kappa shape index (κ3) is 6.12. The van der Waals surface area contributed by atoms with Crippen LogP contribution in [0, 0.1) is 0 Å². The maximum atomic E-state index is 12.5. The van der Waals surface area contributed by atoms with Gasteiger partial charge in [0.2, 0.25) is 15.9 Å². The average Bonchev–Trinajstić information content (AvgIpc) is 2.70. The van der Waals surface area contributed by atoms with Gasteiger partial charge in [0.25, 0.3) is 0 Å². The SMILES string of the molecule is C[C@@H]1CN(S(=O)(=O)CCNC(=O)CCC(=O)c2ccc3c(c2)CCCC3)C[C@@H](C)O1. The van der Waals surface area contributed by atoms with Crippen molar-refractivity contribution in [2.45, 2.75) is 64.6 Å². The van der Waals surface area contributed by atoms with Crippen LogP contribution in [0.15, 0.2) is 18.2 Å². The first-order valence-electron chi connectivity index (χ1n) is 10.8. The fraction of sp³-hybridized carbons (Fsp3) is 0.636. The van der Waals surface area contributed by atoms with E-state index in [9.17, 15) is 18.0 Å². The Morgan fingerprint density at radius 3 is 2.43 bits per heavy atom. The van der Waals surface area contributed by atoms with Crippen molar-refractivity contribution in [1.29, 1.82) is 0 Å². The Kier molecular flexibility index (Phi) is 7.65. The zero-order chi connectivity index (χ0) is 21.7. The maximum Gasteiger partial charge on any atom is 0.220 e. The van der Waals surface area contributed by atoms with Crippen LogP contribution in [0.1, 0.15) is 61.0 Å². The molecule has 1 N–H and O–H groups in total. The fourth-order valence-electron chi connectivity index (χ4n) is 4.17. The Morgan fingerprint density at radius 1 is 1.07 bits per heavy atom. The van der Waals surface area contributed by atoms with Crippen molar-refractivity contribution in [2.24, 2.45) is 0 Å². The number of morpholine rings is 1. The number of sulfonamides is 1. The lowest BCUT2D eigenvalue weighted by molar-refractivity contribution is -0.120. The molecule has 1 aromatic carbocycles. The van der Waals surface area contributed by atoms with E-state index < -0.39 is 10.0 Å². The Hall–Kier alpha value is -1.77. The van der Waals surface area contributed by atoms with Gasteiger partial charge in [-0.1, -0.05) is 12.1 Å². The number of hydrogen-bond donors (Lipinski definition) is 1. The molecular weight excluding hydrogens is 404 g/mol. The van der Waals surface area contributed by atoms with E-state index in [1.54, 1.807) is 0 Å². The summed E-state index contributed by atoms with van der Waals surface area (Å²) in [5.74, 6) is -0.514. The lowest BCUT2D eigenvalue weighted by atomic mass is 9.89. The molecule has 7 nitrogen and oxygen atoms in total. The van der Waals surface area contributed by atoms with E-state index in [1.807, 2.05) is 32.0 Å². The first-order chi connectivity index (χ1) is 14.2. The Morgan fingerprint density at radius 2 is 1.73 bits per heavy atom. The number of benzene rings is 1. The maximum absolute atomic E-state index is 12.5. The van der Waals surface area contributed by atoms with Gasteiger partial charge in [0.05, 0.1) is 18.0 Å². The summed E-state index contributed by atoms with van der Waals surface area (Å²) in [6.45, 7) is 4.39. The monoisotopic (exact) mass is 436 g/mol. The van der Waals surface area contributed by atoms with Crippen molar-refractivity contribution >= 4 is 21.7 Å². The van der Waals surface area contributed by atoms with Gasteiger partial charge in [0.1, 0.15) is 0 Å². The molecular formula is C22H32N2O5S. The lowest BCUT2D eigenvalue weighted by Gasteiger charge is -2.34. The van der Waals surface area contributed by atoms with Gasteiger partial charge in [-0.25, -0.2) is 8.42 Å². The van der Waals surface area contributed by atoms with Crippen molar-refractivity contribution < 1.29 is 22.7 Å². The molecule has 0 bridgehead atoms. The first-order valence-corrected chi connectivity index (χ1v) is 12.4. The zero-order valence-corrected chi connectivity index (χ0v) is 18.7. The molecule has 1 fully saturated rings. The molecule has 3 rings (SSSR count). The molecule has 166 valence electrons. The van der Waals surface area contributed by atoms with Gasteiger partial charge in [0, 0.05) is 38.0 Å². The molecule has 1 amide bonds. The van der Waals surface area contributed by atoms with Crippen LogP contribution < -0.4 is 5.32 Å². The van der Waals surface area contributed by atoms with Crippen molar-refractivity contribution in [3.05, 3.63) is 34.9 Å². The Labute approximate surface area is 179 Å². The number of nitrogens with zero attached hydrogens (tertiary/aromatic N) is 1.